The van der Waals surface area contributed by atoms with E-state index in [1.54, 1.807) is 12.3 Å². The number of nitrogens with one attached hydrogen (secondary N) is 1. The first-order valence-electron chi connectivity index (χ1n) is 5.35. The van der Waals surface area contributed by atoms with Gasteiger partial charge in [-0.3, -0.25) is 9.78 Å². The molecule has 0 saturated heterocycles. The number of aromatic nitrogens is 1. The van der Waals surface area contributed by atoms with Crippen LogP contribution in [0.1, 0.15) is 36.8 Å². The van der Waals surface area contributed by atoms with Crippen molar-refractivity contribution >= 4 is 5.78 Å². The van der Waals surface area contributed by atoms with E-state index < -0.39 is 0 Å². The summed E-state index contributed by atoms with van der Waals surface area (Å²) >= 11 is 0. The molecule has 1 rings (SSSR count). The van der Waals surface area contributed by atoms with Crippen molar-refractivity contribution in [1.29, 1.82) is 0 Å². The average Bonchev–Trinajstić information content (AvgIpc) is 2.25. The van der Waals surface area contributed by atoms with E-state index in [0.717, 1.165) is 24.3 Å². The highest BCUT2D eigenvalue weighted by atomic mass is 16.1. The zero-order chi connectivity index (χ0) is 11.3. The summed E-state index contributed by atoms with van der Waals surface area (Å²) in [7, 11) is 0. The zero-order valence-corrected chi connectivity index (χ0v) is 9.58. The normalized spacial score (nSPS) is 10.7. The van der Waals surface area contributed by atoms with Crippen molar-refractivity contribution < 1.29 is 4.79 Å². The molecule has 0 radical (unpaired) electrons. The van der Waals surface area contributed by atoms with E-state index in [9.17, 15) is 4.79 Å². The molecule has 0 amide bonds. The van der Waals surface area contributed by atoms with Gasteiger partial charge in [-0.05, 0) is 18.7 Å². The van der Waals surface area contributed by atoms with Crippen LogP contribution in [0.5, 0.6) is 0 Å². The number of Topliss-reactive ketones (excluding diaryl/α,β-unsaturated/α-hetero) is 1. The van der Waals surface area contributed by atoms with Crippen molar-refractivity contribution in [2.75, 3.05) is 6.54 Å². The van der Waals surface area contributed by atoms with Crippen molar-refractivity contribution in [3.63, 3.8) is 0 Å². The van der Waals surface area contributed by atoms with Gasteiger partial charge < -0.3 is 5.32 Å². The van der Waals surface area contributed by atoms with Gasteiger partial charge in [0.1, 0.15) is 0 Å². The molecule has 0 bridgehead atoms. The van der Waals surface area contributed by atoms with Gasteiger partial charge in [0.05, 0.1) is 5.69 Å². The van der Waals surface area contributed by atoms with Crippen LogP contribution < -0.4 is 5.32 Å². The molecular weight excluding hydrogens is 188 g/mol. The molecule has 3 nitrogen and oxygen atoms in total. The van der Waals surface area contributed by atoms with Crippen molar-refractivity contribution in [3.8, 4) is 0 Å². The fraction of sp³-hybridized carbons (Fsp3) is 0.500. The number of rotatable bonds is 5. The van der Waals surface area contributed by atoms with Gasteiger partial charge in [0.25, 0.3) is 0 Å². The minimum absolute atomic E-state index is 0.0411. The number of hydrogen-bond donors (Lipinski definition) is 1. The standard InChI is InChI=1S/C12H18N2O/c1-4-13-8-11-7-10(5-6-14-11)12(15)9(2)3/h5-7,9,13H,4,8H2,1-3H3. The number of hydrogen-bond acceptors (Lipinski definition) is 3. The monoisotopic (exact) mass is 206 g/mol. The summed E-state index contributed by atoms with van der Waals surface area (Å²) < 4.78 is 0. The largest absolute Gasteiger partial charge is 0.311 e. The lowest BCUT2D eigenvalue weighted by Crippen LogP contribution is -2.14. The number of ketones is 1. The van der Waals surface area contributed by atoms with Crippen LogP contribution >= 0.6 is 0 Å². The third-order valence-electron chi connectivity index (χ3n) is 2.18. The van der Waals surface area contributed by atoms with Crippen LogP contribution in [-0.4, -0.2) is 17.3 Å². The summed E-state index contributed by atoms with van der Waals surface area (Å²) in [6.45, 7) is 7.49. The van der Waals surface area contributed by atoms with Crippen molar-refractivity contribution in [3.05, 3.63) is 29.6 Å². The minimum Gasteiger partial charge on any atom is -0.311 e. The molecule has 1 aromatic rings. The van der Waals surface area contributed by atoms with Gasteiger partial charge in [-0.15, -0.1) is 0 Å². The summed E-state index contributed by atoms with van der Waals surface area (Å²) in [5.41, 5.74) is 1.68. The second-order valence-electron chi connectivity index (χ2n) is 3.84. The maximum Gasteiger partial charge on any atom is 0.165 e. The Hall–Kier alpha value is -1.22. The van der Waals surface area contributed by atoms with E-state index in [1.165, 1.54) is 0 Å². The van der Waals surface area contributed by atoms with Crippen LogP contribution in [0.15, 0.2) is 18.3 Å². The summed E-state index contributed by atoms with van der Waals surface area (Å²) in [4.78, 5) is 15.9. The Labute approximate surface area is 90.9 Å². The van der Waals surface area contributed by atoms with Crippen LogP contribution in [0.2, 0.25) is 0 Å². The Kier molecular flexibility index (Phi) is 4.43. The number of nitrogens with zero attached hydrogens (tertiary/aromatic N) is 1. The lowest BCUT2D eigenvalue weighted by molar-refractivity contribution is 0.0939. The van der Waals surface area contributed by atoms with Crippen LogP contribution in [-0.2, 0) is 6.54 Å². The Morgan fingerprint density at radius 3 is 2.87 bits per heavy atom. The van der Waals surface area contributed by atoms with Crippen LogP contribution in [0.4, 0.5) is 0 Å². The number of pyridine rings is 1. The molecule has 0 atom stereocenters. The van der Waals surface area contributed by atoms with Gasteiger partial charge in [-0.25, -0.2) is 0 Å². The lowest BCUT2D eigenvalue weighted by atomic mass is 10.0. The molecule has 0 unspecified atom stereocenters. The van der Waals surface area contributed by atoms with E-state index in [-0.39, 0.29) is 11.7 Å². The van der Waals surface area contributed by atoms with Gasteiger partial charge in [0.15, 0.2) is 5.78 Å². The molecule has 0 aliphatic heterocycles. The molecule has 1 N–H and O–H groups in total. The summed E-state index contributed by atoms with van der Waals surface area (Å²) in [5.74, 6) is 0.217. The molecule has 1 heterocycles. The second kappa shape index (κ2) is 5.61. The topological polar surface area (TPSA) is 42.0 Å². The Morgan fingerprint density at radius 1 is 1.53 bits per heavy atom. The highest BCUT2D eigenvalue weighted by Gasteiger charge is 2.10. The predicted molar refractivity (Wildman–Crippen MR) is 60.8 cm³/mol. The van der Waals surface area contributed by atoms with Crippen molar-refractivity contribution in [1.82, 2.24) is 10.3 Å². The summed E-state index contributed by atoms with van der Waals surface area (Å²) in [5, 5.41) is 3.19. The van der Waals surface area contributed by atoms with Gasteiger partial charge in [-0.1, -0.05) is 20.8 Å². The highest BCUT2D eigenvalue weighted by Crippen LogP contribution is 2.08. The van der Waals surface area contributed by atoms with E-state index in [1.807, 2.05) is 26.8 Å². The molecular formula is C12H18N2O. The molecule has 0 saturated carbocycles. The van der Waals surface area contributed by atoms with Gasteiger partial charge >= 0.3 is 0 Å². The zero-order valence-electron chi connectivity index (χ0n) is 9.58. The summed E-state index contributed by atoms with van der Waals surface area (Å²) in [6.07, 6.45) is 1.70. The smallest absolute Gasteiger partial charge is 0.165 e. The first-order valence-corrected chi connectivity index (χ1v) is 5.35. The number of carbonyl (C=O) groups is 1. The Morgan fingerprint density at radius 2 is 2.27 bits per heavy atom. The molecule has 82 valence electrons. The lowest BCUT2D eigenvalue weighted by Gasteiger charge is -2.06. The van der Waals surface area contributed by atoms with E-state index in [2.05, 4.69) is 10.3 Å². The van der Waals surface area contributed by atoms with Crippen LogP contribution in [0, 0.1) is 5.92 Å². The van der Waals surface area contributed by atoms with E-state index in [4.69, 9.17) is 0 Å². The molecule has 15 heavy (non-hydrogen) atoms. The number of carbonyl (C=O) groups excluding carboxylic acids is 1. The molecule has 0 spiro atoms. The molecule has 0 aromatic carbocycles. The van der Waals surface area contributed by atoms with Gasteiger partial charge in [0.2, 0.25) is 0 Å². The van der Waals surface area contributed by atoms with Crippen LogP contribution in [0.25, 0.3) is 0 Å². The third kappa shape index (κ3) is 3.44. The van der Waals surface area contributed by atoms with Gasteiger partial charge in [0, 0.05) is 24.2 Å². The molecule has 0 aliphatic carbocycles. The first-order chi connectivity index (χ1) is 7.15. The predicted octanol–water partition coefficient (Wildman–Crippen LogP) is 2.03. The molecule has 0 fully saturated rings. The van der Waals surface area contributed by atoms with Gasteiger partial charge in [-0.2, -0.15) is 0 Å². The molecule has 0 aliphatic rings. The van der Waals surface area contributed by atoms with E-state index >= 15 is 0 Å². The Balaban J connectivity index is 2.78. The first kappa shape index (κ1) is 11.9. The summed E-state index contributed by atoms with van der Waals surface area (Å²) in [6, 6.07) is 3.64. The third-order valence-corrected chi connectivity index (χ3v) is 2.18. The minimum atomic E-state index is 0.0411. The van der Waals surface area contributed by atoms with Crippen LogP contribution in [0.3, 0.4) is 0 Å². The highest BCUT2D eigenvalue weighted by molar-refractivity contribution is 5.97. The SMILES string of the molecule is CCNCc1cc(C(=O)C(C)C)ccn1. The van der Waals surface area contributed by atoms with E-state index in [0.29, 0.717) is 0 Å². The maximum atomic E-state index is 11.7. The quantitative estimate of drug-likeness (QED) is 0.749. The fourth-order valence-electron chi connectivity index (χ4n) is 1.31. The molecule has 1 aromatic heterocycles. The second-order valence-corrected chi connectivity index (χ2v) is 3.84. The van der Waals surface area contributed by atoms with Crippen molar-refractivity contribution in [2.24, 2.45) is 5.92 Å². The maximum absolute atomic E-state index is 11.7. The average molecular weight is 206 g/mol. The molecule has 3 heteroatoms. The fourth-order valence-corrected chi connectivity index (χ4v) is 1.31. The van der Waals surface area contributed by atoms with Crippen molar-refractivity contribution in [2.45, 2.75) is 27.3 Å². The Bertz CT molecular complexity index is 334.